The van der Waals surface area contributed by atoms with Crippen molar-refractivity contribution in [1.29, 1.82) is 0 Å². The number of halogens is 4. The largest absolute Gasteiger partial charge is 0.416 e. The second-order valence-electron chi connectivity index (χ2n) is 10.1. The number of likely N-dealkylation sites (tertiary alicyclic amines) is 1. The first kappa shape index (κ1) is 25.5. The summed E-state index contributed by atoms with van der Waals surface area (Å²) in [6, 6.07) is 10.2. The molecule has 1 unspecified atom stereocenters. The molecule has 2 saturated heterocycles. The van der Waals surface area contributed by atoms with Crippen LogP contribution in [0.3, 0.4) is 0 Å². The standard InChI is InChI=1S/C27H30F4N4O2/c28-20-3-5-22(6-4-20)33-13-9-23(10-14-33)34-12-8-21(16-34)32-25(36)17-35-11-7-18-1-2-19(27(29,30)31)15-24(18)26(35)37/h1-6,15,21,23H,7-14,16-17H2,(H,32,36). The Balaban J connectivity index is 1.10. The number of rotatable bonds is 5. The second kappa shape index (κ2) is 10.3. The Labute approximate surface area is 213 Å². The van der Waals surface area contributed by atoms with Crippen molar-refractivity contribution >= 4 is 17.5 Å². The maximum absolute atomic E-state index is 13.2. The molecule has 2 amide bonds. The number of nitrogens with one attached hydrogen (secondary N) is 1. The van der Waals surface area contributed by atoms with Crippen molar-refractivity contribution < 1.29 is 27.2 Å². The molecule has 1 N–H and O–H groups in total. The molecule has 0 aliphatic carbocycles. The van der Waals surface area contributed by atoms with Crippen LogP contribution in [-0.4, -0.2) is 73.0 Å². The minimum atomic E-state index is -4.53. The fourth-order valence-electron chi connectivity index (χ4n) is 5.67. The van der Waals surface area contributed by atoms with Crippen LogP contribution in [0.1, 0.15) is 40.7 Å². The van der Waals surface area contributed by atoms with Gasteiger partial charge >= 0.3 is 6.18 Å². The summed E-state index contributed by atoms with van der Waals surface area (Å²) in [5.74, 6) is -1.07. The normalized spacial score (nSPS) is 21.3. The quantitative estimate of drug-likeness (QED) is 0.614. The molecule has 2 aromatic carbocycles. The van der Waals surface area contributed by atoms with Gasteiger partial charge in [-0.25, -0.2) is 4.39 Å². The number of carbonyl (C=O) groups excluding carboxylic acids is 2. The minimum Gasteiger partial charge on any atom is -0.371 e. The van der Waals surface area contributed by atoms with Gasteiger partial charge in [0.25, 0.3) is 5.91 Å². The van der Waals surface area contributed by atoms with Crippen LogP contribution in [0, 0.1) is 5.82 Å². The molecule has 3 heterocycles. The van der Waals surface area contributed by atoms with Crippen LogP contribution in [0.25, 0.3) is 0 Å². The Morgan fingerprint density at radius 2 is 1.70 bits per heavy atom. The number of hydrogen-bond donors (Lipinski definition) is 1. The van der Waals surface area contributed by atoms with Gasteiger partial charge in [0.2, 0.25) is 5.91 Å². The van der Waals surface area contributed by atoms with Crippen LogP contribution < -0.4 is 10.2 Å². The van der Waals surface area contributed by atoms with Crippen molar-refractivity contribution in [2.24, 2.45) is 0 Å². The molecule has 6 nitrogen and oxygen atoms in total. The molecule has 3 aliphatic rings. The lowest BCUT2D eigenvalue weighted by atomic mass is 9.96. The Bertz CT molecular complexity index is 1150. The van der Waals surface area contributed by atoms with Crippen LogP contribution in [0.5, 0.6) is 0 Å². The van der Waals surface area contributed by atoms with E-state index >= 15 is 0 Å². The second-order valence-corrected chi connectivity index (χ2v) is 10.1. The van der Waals surface area contributed by atoms with E-state index in [9.17, 15) is 27.2 Å². The van der Waals surface area contributed by atoms with E-state index in [2.05, 4.69) is 15.1 Å². The average molecular weight is 519 g/mol. The van der Waals surface area contributed by atoms with Gasteiger partial charge < -0.3 is 15.1 Å². The number of carbonyl (C=O) groups is 2. The lowest BCUT2D eigenvalue weighted by Crippen LogP contribution is -2.48. The van der Waals surface area contributed by atoms with E-state index in [1.54, 1.807) is 12.1 Å². The summed E-state index contributed by atoms with van der Waals surface area (Å²) in [6.07, 6.45) is -1.32. The van der Waals surface area contributed by atoms with Crippen LogP contribution in [-0.2, 0) is 17.4 Å². The molecule has 198 valence electrons. The first-order chi connectivity index (χ1) is 17.7. The van der Waals surface area contributed by atoms with E-state index in [4.69, 9.17) is 0 Å². The summed E-state index contributed by atoms with van der Waals surface area (Å²) >= 11 is 0. The highest BCUT2D eigenvalue weighted by Gasteiger charge is 2.35. The topological polar surface area (TPSA) is 55.9 Å². The van der Waals surface area contributed by atoms with Gasteiger partial charge in [-0.2, -0.15) is 13.2 Å². The van der Waals surface area contributed by atoms with Gasteiger partial charge in [-0.15, -0.1) is 0 Å². The predicted molar refractivity (Wildman–Crippen MR) is 131 cm³/mol. The van der Waals surface area contributed by atoms with Crippen molar-refractivity contribution in [1.82, 2.24) is 15.1 Å². The van der Waals surface area contributed by atoms with Gasteiger partial charge in [0.05, 0.1) is 12.1 Å². The highest BCUT2D eigenvalue weighted by Crippen LogP contribution is 2.32. The smallest absolute Gasteiger partial charge is 0.371 e. The molecule has 10 heteroatoms. The highest BCUT2D eigenvalue weighted by atomic mass is 19.4. The Kier molecular flexibility index (Phi) is 7.11. The molecule has 0 aromatic heterocycles. The van der Waals surface area contributed by atoms with Gasteiger partial charge in [0, 0.05) is 56.1 Å². The average Bonchev–Trinajstić information content (AvgIpc) is 3.34. The van der Waals surface area contributed by atoms with Gasteiger partial charge in [-0.1, -0.05) is 6.07 Å². The molecular formula is C27H30F4N4O2. The third kappa shape index (κ3) is 5.74. The van der Waals surface area contributed by atoms with Gasteiger partial charge in [-0.3, -0.25) is 14.5 Å². The molecular weight excluding hydrogens is 488 g/mol. The summed E-state index contributed by atoms with van der Waals surface area (Å²) < 4.78 is 52.5. The molecule has 0 bridgehead atoms. The Morgan fingerprint density at radius 1 is 0.973 bits per heavy atom. The first-order valence-corrected chi connectivity index (χ1v) is 12.7. The van der Waals surface area contributed by atoms with Crippen molar-refractivity contribution in [3.63, 3.8) is 0 Å². The van der Waals surface area contributed by atoms with Crippen molar-refractivity contribution in [3.05, 3.63) is 65.0 Å². The van der Waals surface area contributed by atoms with Crippen molar-refractivity contribution in [2.45, 2.75) is 43.9 Å². The van der Waals surface area contributed by atoms with E-state index in [1.165, 1.54) is 23.1 Å². The van der Waals surface area contributed by atoms with E-state index in [-0.39, 0.29) is 29.9 Å². The third-order valence-electron chi connectivity index (χ3n) is 7.70. The maximum Gasteiger partial charge on any atom is 0.416 e. The van der Waals surface area contributed by atoms with Crippen LogP contribution >= 0.6 is 0 Å². The fourth-order valence-corrected chi connectivity index (χ4v) is 5.67. The van der Waals surface area contributed by atoms with Crippen LogP contribution in [0.15, 0.2) is 42.5 Å². The molecule has 37 heavy (non-hydrogen) atoms. The summed E-state index contributed by atoms with van der Waals surface area (Å²) in [7, 11) is 0. The van der Waals surface area contributed by atoms with Crippen molar-refractivity contribution in [3.8, 4) is 0 Å². The number of piperidine rings is 1. The number of amides is 2. The van der Waals surface area contributed by atoms with E-state index in [0.717, 1.165) is 63.3 Å². The molecule has 0 radical (unpaired) electrons. The lowest BCUT2D eigenvalue weighted by Gasteiger charge is -2.38. The minimum absolute atomic E-state index is 0.0212. The molecule has 3 aliphatic heterocycles. The predicted octanol–water partition coefficient (Wildman–Crippen LogP) is 3.70. The van der Waals surface area contributed by atoms with E-state index < -0.39 is 17.6 Å². The fraction of sp³-hybridized carbons (Fsp3) is 0.481. The molecule has 1 atom stereocenters. The summed E-state index contributed by atoms with van der Waals surface area (Å²) in [5, 5.41) is 3.01. The number of hydrogen-bond acceptors (Lipinski definition) is 4. The van der Waals surface area contributed by atoms with Crippen molar-refractivity contribution in [2.75, 3.05) is 44.2 Å². The van der Waals surface area contributed by atoms with E-state index in [1.807, 2.05) is 0 Å². The van der Waals surface area contributed by atoms with Gasteiger partial charge in [-0.05, 0) is 67.6 Å². The van der Waals surface area contributed by atoms with Gasteiger partial charge in [0.1, 0.15) is 5.82 Å². The monoisotopic (exact) mass is 518 g/mol. The van der Waals surface area contributed by atoms with E-state index in [0.29, 0.717) is 24.6 Å². The zero-order valence-corrected chi connectivity index (χ0v) is 20.4. The Hall–Kier alpha value is -3.14. The Morgan fingerprint density at radius 3 is 2.41 bits per heavy atom. The van der Waals surface area contributed by atoms with Gasteiger partial charge in [0.15, 0.2) is 0 Å². The summed E-state index contributed by atoms with van der Waals surface area (Å²) in [5.41, 5.74) is 0.760. The van der Waals surface area contributed by atoms with Crippen LogP contribution in [0.4, 0.5) is 23.2 Å². The number of alkyl halides is 3. The zero-order chi connectivity index (χ0) is 26.2. The lowest BCUT2D eigenvalue weighted by molar-refractivity contribution is -0.137. The highest BCUT2D eigenvalue weighted by molar-refractivity contribution is 5.99. The summed E-state index contributed by atoms with van der Waals surface area (Å²) in [4.78, 5) is 31.5. The number of anilines is 1. The van der Waals surface area contributed by atoms with Crippen LogP contribution in [0.2, 0.25) is 0 Å². The maximum atomic E-state index is 13.2. The molecule has 5 rings (SSSR count). The SMILES string of the molecule is O=C(CN1CCc2ccc(C(F)(F)F)cc2C1=O)NC1CCN(C2CCN(c3ccc(F)cc3)CC2)C1. The number of fused-ring (bicyclic) bond motifs is 1. The molecule has 2 fully saturated rings. The third-order valence-corrected chi connectivity index (χ3v) is 7.70. The first-order valence-electron chi connectivity index (χ1n) is 12.7. The molecule has 2 aromatic rings. The number of benzene rings is 2. The summed E-state index contributed by atoms with van der Waals surface area (Å²) in [6.45, 7) is 3.52. The zero-order valence-electron chi connectivity index (χ0n) is 20.4. The number of nitrogens with zero attached hydrogens (tertiary/aromatic N) is 3. The molecule has 0 spiro atoms. The molecule has 0 saturated carbocycles.